The molecule has 0 amide bonds. The van der Waals surface area contributed by atoms with Gasteiger partial charge in [0.25, 0.3) is 0 Å². The zero-order chi connectivity index (χ0) is 17.5. The van der Waals surface area contributed by atoms with Crippen LogP contribution in [0.3, 0.4) is 0 Å². The molecule has 1 N–H and O–H groups in total. The number of aromatic nitrogens is 3. The summed E-state index contributed by atoms with van der Waals surface area (Å²) >= 11 is 0. The van der Waals surface area contributed by atoms with Gasteiger partial charge in [-0.3, -0.25) is 4.90 Å². The Morgan fingerprint density at radius 1 is 1.00 bits per heavy atom. The number of nitrogens with one attached hydrogen (secondary N) is 1. The Bertz CT molecular complexity index is 917. The summed E-state index contributed by atoms with van der Waals surface area (Å²) in [4.78, 5) is 17.9. The highest BCUT2D eigenvalue weighted by Crippen LogP contribution is 2.31. The number of nitrogens with zero attached hydrogens (tertiary/aromatic N) is 4. The molecular weight excluding hydrogens is 322 g/mol. The molecule has 3 aromatic rings. The van der Waals surface area contributed by atoms with Crippen molar-refractivity contribution in [1.29, 1.82) is 0 Å². The second kappa shape index (κ2) is 6.54. The van der Waals surface area contributed by atoms with E-state index in [1.54, 1.807) is 6.33 Å². The van der Waals surface area contributed by atoms with Crippen molar-refractivity contribution >= 4 is 27.8 Å². The lowest BCUT2D eigenvalue weighted by molar-refractivity contribution is 0.148. The normalized spacial score (nSPS) is 20.3. The quantitative estimate of drug-likeness (QED) is 0.763. The molecule has 0 unspecified atom stereocenters. The van der Waals surface area contributed by atoms with Gasteiger partial charge in [-0.1, -0.05) is 31.4 Å². The highest BCUT2D eigenvalue weighted by Gasteiger charge is 2.26. The van der Waals surface area contributed by atoms with Crippen molar-refractivity contribution < 1.29 is 0 Å². The fraction of sp³-hybridized carbons (Fsp3) is 0.524. The first-order valence-electron chi connectivity index (χ1n) is 10.0. The molecule has 2 aliphatic rings. The number of aromatic amines is 1. The van der Waals surface area contributed by atoms with Gasteiger partial charge in [0, 0.05) is 43.1 Å². The maximum atomic E-state index is 4.65. The van der Waals surface area contributed by atoms with Crippen molar-refractivity contribution in [3.8, 4) is 0 Å². The molecule has 136 valence electrons. The van der Waals surface area contributed by atoms with E-state index in [9.17, 15) is 0 Å². The average molecular weight is 349 g/mol. The number of hydrogen-bond acceptors (Lipinski definition) is 4. The van der Waals surface area contributed by atoms with Crippen molar-refractivity contribution in [3.05, 3.63) is 30.1 Å². The molecule has 2 fully saturated rings. The van der Waals surface area contributed by atoms with Gasteiger partial charge < -0.3 is 9.88 Å². The van der Waals surface area contributed by atoms with E-state index in [2.05, 4.69) is 49.9 Å². The minimum absolute atomic E-state index is 0.812. The van der Waals surface area contributed by atoms with Crippen molar-refractivity contribution in [2.24, 2.45) is 0 Å². The lowest BCUT2D eigenvalue weighted by Crippen LogP contribution is -2.51. The Morgan fingerprint density at radius 2 is 1.81 bits per heavy atom. The Labute approximate surface area is 154 Å². The molecule has 1 aromatic carbocycles. The number of H-pyrrole nitrogens is 1. The van der Waals surface area contributed by atoms with Gasteiger partial charge in [-0.2, -0.15) is 0 Å². The Balaban J connectivity index is 1.42. The van der Waals surface area contributed by atoms with Crippen LogP contribution in [0, 0.1) is 6.92 Å². The van der Waals surface area contributed by atoms with Gasteiger partial charge >= 0.3 is 0 Å². The van der Waals surface area contributed by atoms with Crippen molar-refractivity contribution in [3.63, 3.8) is 0 Å². The van der Waals surface area contributed by atoms with Crippen molar-refractivity contribution in [2.75, 3.05) is 31.1 Å². The summed E-state index contributed by atoms with van der Waals surface area (Å²) in [7, 11) is 0. The first-order valence-corrected chi connectivity index (χ1v) is 10.0. The topological polar surface area (TPSA) is 48.1 Å². The average Bonchev–Trinajstić information content (AvgIpc) is 3.06. The van der Waals surface area contributed by atoms with Crippen LogP contribution >= 0.6 is 0 Å². The van der Waals surface area contributed by atoms with E-state index < -0.39 is 0 Å². The monoisotopic (exact) mass is 349 g/mol. The highest BCUT2D eigenvalue weighted by molar-refractivity contribution is 6.08. The summed E-state index contributed by atoms with van der Waals surface area (Å²) in [6, 6.07) is 7.33. The van der Waals surface area contributed by atoms with E-state index in [-0.39, 0.29) is 0 Å². The van der Waals surface area contributed by atoms with Crippen LogP contribution in [0.15, 0.2) is 24.5 Å². The number of aryl methyl sites for hydroxylation is 1. The third-order valence-corrected chi connectivity index (χ3v) is 6.22. The number of fused-ring (bicyclic) bond motifs is 3. The summed E-state index contributed by atoms with van der Waals surface area (Å²) in [5.74, 6) is 1.06. The predicted molar refractivity (Wildman–Crippen MR) is 107 cm³/mol. The smallest absolute Gasteiger partial charge is 0.156 e. The molecule has 0 atom stereocenters. The molecule has 1 saturated heterocycles. The zero-order valence-corrected chi connectivity index (χ0v) is 15.5. The van der Waals surface area contributed by atoms with Gasteiger partial charge in [0.1, 0.15) is 17.4 Å². The van der Waals surface area contributed by atoms with Gasteiger partial charge in [-0.05, 0) is 31.4 Å². The molecule has 0 radical (unpaired) electrons. The minimum Gasteiger partial charge on any atom is -0.352 e. The molecule has 5 heteroatoms. The van der Waals surface area contributed by atoms with Crippen LogP contribution in [0.5, 0.6) is 0 Å². The molecule has 5 nitrogen and oxygen atoms in total. The number of benzene rings is 1. The number of piperazine rings is 1. The third-order valence-electron chi connectivity index (χ3n) is 6.22. The predicted octanol–water partition coefficient (Wildman–Crippen LogP) is 3.87. The first-order chi connectivity index (χ1) is 12.8. The zero-order valence-electron chi connectivity index (χ0n) is 15.5. The Morgan fingerprint density at radius 3 is 2.62 bits per heavy atom. The van der Waals surface area contributed by atoms with E-state index >= 15 is 0 Å². The maximum Gasteiger partial charge on any atom is 0.156 e. The molecule has 1 aliphatic heterocycles. The van der Waals surface area contributed by atoms with E-state index in [0.29, 0.717) is 0 Å². The lowest BCUT2D eigenvalue weighted by Gasteiger charge is -2.41. The van der Waals surface area contributed by atoms with Crippen LogP contribution in [0.4, 0.5) is 5.82 Å². The van der Waals surface area contributed by atoms with Gasteiger partial charge in [0.15, 0.2) is 5.82 Å². The molecule has 2 aromatic heterocycles. The molecule has 1 saturated carbocycles. The molecule has 26 heavy (non-hydrogen) atoms. The summed E-state index contributed by atoms with van der Waals surface area (Å²) in [5.41, 5.74) is 4.54. The number of rotatable bonds is 2. The Kier molecular flexibility index (Phi) is 4.04. The largest absolute Gasteiger partial charge is 0.352 e. The van der Waals surface area contributed by atoms with E-state index in [1.165, 1.54) is 43.1 Å². The van der Waals surface area contributed by atoms with Gasteiger partial charge in [0.05, 0.1) is 0 Å². The number of anilines is 1. The Hall–Kier alpha value is -2.14. The SMILES string of the molecule is Cc1ccc2c(c1)[nH]c1c(N3CCN(C4CCCCC4)CC3)ncnc12. The standard InChI is InChI=1S/C21H27N5/c1-15-7-8-17-18(13-15)24-20-19(17)22-14-23-21(20)26-11-9-25(10-12-26)16-5-3-2-4-6-16/h7-8,13-14,16,24H,2-6,9-12H2,1H3. The molecule has 0 bridgehead atoms. The number of hydrogen-bond donors (Lipinski definition) is 1. The highest BCUT2D eigenvalue weighted by atomic mass is 15.3. The fourth-order valence-corrected chi connectivity index (χ4v) is 4.78. The van der Waals surface area contributed by atoms with Crippen LogP contribution in [0.1, 0.15) is 37.7 Å². The molecule has 0 spiro atoms. The van der Waals surface area contributed by atoms with Crippen LogP contribution in [0.25, 0.3) is 21.9 Å². The summed E-state index contributed by atoms with van der Waals surface area (Å²) in [5, 5.41) is 1.19. The molecule has 3 heterocycles. The second-order valence-electron chi connectivity index (χ2n) is 7.91. The summed E-state index contributed by atoms with van der Waals surface area (Å²) in [6.45, 7) is 6.53. The maximum absolute atomic E-state index is 4.65. The van der Waals surface area contributed by atoms with Crippen LogP contribution < -0.4 is 4.90 Å². The lowest BCUT2D eigenvalue weighted by atomic mass is 9.94. The summed E-state index contributed by atoms with van der Waals surface area (Å²) < 4.78 is 0. The van der Waals surface area contributed by atoms with Gasteiger partial charge in [-0.15, -0.1) is 0 Å². The summed E-state index contributed by atoms with van der Waals surface area (Å²) in [6.07, 6.45) is 8.74. The third kappa shape index (κ3) is 2.75. The van der Waals surface area contributed by atoms with E-state index in [1.807, 2.05) is 0 Å². The second-order valence-corrected chi connectivity index (χ2v) is 7.91. The van der Waals surface area contributed by atoms with Crippen molar-refractivity contribution in [2.45, 2.75) is 45.1 Å². The molecular formula is C21H27N5. The molecule has 5 rings (SSSR count). The fourth-order valence-electron chi connectivity index (χ4n) is 4.78. The van der Waals surface area contributed by atoms with Crippen LogP contribution in [-0.4, -0.2) is 52.1 Å². The van der Waals surface area contributed by atoms with Crippen molar-refractivity contribution in [1.82, 2.24) is 19.9 Å². The first kappa shape index (κ1) is 16.1. The van der Waals surface area contributed by atoms with Crippen LogP contribution in [-0.2, 0) is 0 Å². The van der Waals surface area contributed by atoms with Gasteiger partial charge in [0.2, 0.25) is 0 Å². The van der Waals surface area contributed by atoms with E-state index in [4.69, 9.17) is 0 Å². The van der Waals surface area contributed by atoms with Gasteiger partial charge in [-0.25, -0.2) is 9.97 Å². The minimum atomic E-state index is 0.812. The van der Waals surface area contributed by atoms with Crippen LogP contribution in [0.2, 0.25) is 0 Å². The molecule has 1 aliphatic carbocycles. The van der Waals surface area contributed by atoms with E-state index in [0.717, 1.165) is 54.6 Å².